The third-order valence-corrected chi connectivity index (χ3v) is 4.12. The average molecular weight is 352 g/mol. The van der Waals surface area contributed by atoms with Gasteiger partial charge in [0.15, 0.2) is 0 Å². The molecular weight excluding hydrogens is 333 g/mol. The second kappa shape index (κ2) is 6.83. The molecule has 6 nitrogen and oxygen atoms in total. The molecule has 0 spiro atoms. The maximum Gasteiger partial charge on any atom is 0.419 e. The van der Waals surface area contributed by atoms with Crippen molar-refractivity contribution in [2.45, 2.75) is 13.1 Å². The number of alkyl halides is 3. The molecule has 0 amide bonds. The lowest BCUT2D eigenvalue weighted by Gasteiger charge is -2.33. The molecule has 0 radical (unpaired) electrons. The van der Waals surface area contributed by atoms with Gasteiger partial charge < -0.3 is 15.1 Å². The van der Waals surface area contributed by atoms with E-state index in [0.717, 1.165) is 38.2 Å². The van der Waals surface area contributed by atoms with Gasteiger partial charge in [0, 0.05) is 32.4 Å². The smallest absolute Gasteiger partial charge is 0.354 e. The van der Waals surface area contributed by atoms with Gasteiger partial charge in [-0.05, 0) is 26.1 Å². The Hall–Kier alpha value is -2.42. The van der Waals surface area contributed by atoms with Crippen molar-refractivity contribution in [3.63, 3.8) is 0 Å². The van der Waals surface area contributed by atoms with Crippen molar-refractivity contribution < 1.29 is 13.2 Å². The number of halogens is 3. The lowest BCUT2D eigenvalue weighted by atomic mass is 10.2. The predicted octanol–water partition coefficient (Wildman–Crippen LogP) is 2.69. The normalized spacial score (nSPS) is 16.1. The number of anilines is 3. The van der Waals surface area contributed by atoms with Gasteiger partial charge in [0.25, 0.3) is 0 Å². The molecule has 1 saturated heterocycles. The van der Waals surface area contributed by atoms with Crippen LogP contribution in [0.25, 0.3) is 0 Å². The Morgan fingerprint density at radius 1 is 1.04 bits per heavy atom. The van der Waals surface area contributed by atoms with E-state index in [1.807, 2.05) is 12.1 Å². The fraction of sp³-hybridized carbons (Fsp3) is 0.438. The summed E-state index contributed by atoms with van der Waals surface area (Å²) in [5, 5.41) is 2.88. The number of nitrogens with one attached hydrogen (secondary N) is 1. The van der Waals surface area contributed by atoms with Gasteiger partial charge in [0.2, 0.25) is 5.95 Å². The Morgan fingerprint density at radius 2 is 1.76 bits per heavy atom. The zero-order valence-electron chi connectivity index (χ0n) is 14.0. The van der Waals surface area contributed by atoms with Gasteiger partial charge in [-0.15, -0.1) is 0 Å². The summed E-state index contributed by atoms with van der Waals surface area (Å²) >= 11 is 0. The number of rotatable bonds is 3. The molecule has 25 heavy (non-hydrogen) atoms. The lowest BCUT2D eigenvalue weighted by molar-refractivity contribution is -0.138. The fourth-order valence-electron chi connectivity index (χ4n) is 2.62. The highest BCUT2D eigenvalue weighted by molar-refractivity contribution is 5.55. The van der Waals surface area contributed by atoms with Crippen molar-refractivity contribution in [1.82, 2.24) is 19.9 Å². The van der Waals surface area contributed by atoms with Crippen LogP contribution in [0.1, 0.15) is 11.3 Å². The molecule has 1 aliphatic rings. The first-order valence-electron chi connectivity index (χ1n) is 7.90. The molecule has 0 atom stereocenters. The Morgan fingerprint density at radius 3 is 2.32 bits per heavy atom. The second-order valence-corrected chi connectivity index (χ2v) is 6.01. The maximum absolute atomic E-state index is 12.7. The molecule has 134 valence electrons. The molecular formula is C16H19F3N6. The minimum Gasteiger partial charge on any atom is -0.354 e. The van der Waals surface area contributed by atoms with Crippen molar-refractivity contribution in [3.05, 3.63) is 35.8 Å². The Labute approximate surface area is 143 Å². The third-order valence-electron chi connectivity index (χ3n) is 4.12. The largest absolute Gasteiger partial charge is 0.419 e. The van der Waals surface area contributed by atoms with E-state index in [1.165, 1.54) is 6.92 Å². The average Bonchev–Trinajstić information content (AvgIpc) is 2.55. The van der Waals surface area contributed by atoms with Crippen molar-refractivity contribution in [2.75, 3.05) is 43.4 Å². The van der Waals surface area contributed by atoms with Gasteiger partial charge >= 0.3 is 6.18 Å². The number of hydrogen-bond acceptors (Lipinski definition) is 6. The first-order valence-corrected chi connectivity index (χ1v) is 7.90. The van der Waals surface area contributed by atoms with Gasteiger partial charge in [0.1, 0.15) is 5.82 Å². The van der Waals surface area contributed by atoms with E-state index in [1.54, 1.807) is 6.20 Å². The Balaban J connectivity index is 1.68. The zero-order chi connectivity index (χ0) is 18.0. The summed E-state index contributed by atoms with van der Waals surface area (Å²) in [4.78, 5) is 16.5. The van der Waals surface area contributed by atoms with E-state index in [0.29, 0.717) is 5.69 Å². The van der Waals surface area contributed by atoms with Crippen LogP contribution < -0.4 is 10.2 Å². The molecule has 2 aromatic heterocycles. The molecule has 1 N–H and O–H groups in total. The molecule has 1 fully saturated rings. The van der Waals surface area contributed by atoms with Crippen molar-refractivity contribution in [1.29, 1.82) is 0 Å². The minimum atomic E-state index is -4.45. The van der Waals surface area contributed by atoms with Gasteiger partial charge in [-0.2, -0.15) is 13.2 Å². The van der Waals surface area contributed by atoms with E-state index in [-0.39, 0.29) is 11.6 Å². The standard InChI is InChI=1S/C16H19F3N6/c1-11-13(16(17,18)19)10-21-15(22-11)23-12-3-4-14(20-9-12)25-7-5-24(2)6-8-25/h3-4,9-10H,5-8H2,1-2H3,(H,21,22,23). The molecule has 0 unspecified atom stereocenters. The SMILES string of the molecule is Cc1nc(Nc2ccc(N3CCN(C)CC3)nc2)ncc1C(F)(F)F. The highest BCUT2D eigenvalue weighted by atomic mass is 19.4. The second-order valence-electron chi connectivity index (χ2n) is 6.01. The quantitative estimate of drug-likeness (QED) is 0.917. The van der Waals surface area contributed by atoms with Crippen molar-refractivity contribution in [2.24, 2.45) is 0 Å². The number of aromatic nitrogens is 3. The molecule has 1 aliphatic heterocycles. The van der Waals surface area contributed by atoms with Crippen LogP contribution in [0.5, 0.6) is 0 Å². The van der Waals surface area contributed by atoms with Crippen molar-refractivity contribution >= 4 is 17.5 Å². The maximum atomic E-state index is 12.7. The summed E-state index contributed by atoms with van der Waals surface area (Å²) < 4.78 is 38.2. The zero-order valence-corrected chi connectivity index (χ0v) is 14.0. The minimum absolute atomic E-state index is 0.111. The van der Waals surface area contributed by atoms with E-state index < -0.39 is 11.7 Å². The highest BCUT2D eigenvalue weighted by Gasteiger charge is 2.33. The first kappa shape index (κ1) is 17.4. The Bertz CT molecular complexity index is 724. The number of nitrogens with zero attached hydrogens (tertiary/aromatic N) is 5. The molecule has 2 aromatic rings. The van der Waals surface area contributed by atoms with Crippen LogP contribution in [0.15, 0.2) is 24.5 Å². The monoisotopic (exact) mass is 352 g/mol. The van der Waals surface area contributed by atoms with Crippen LogP contribution in [-0.2, 0) is 6.18 Å². The molecule has 0 aliphatic carbocycles. The van der Waals surface area contributed by atoms with E-state index in [4.69, 9.17) is 0 Å². The predicted molar refractivity (Wildman–Crippen MR) is 89.0 cm³/mol. The summed E-state index contributed by atoms with van der Waals surface area (Å²) in [6.07, 6.45) is -2.03. The summed E-state index contributed by atoms with van der Waals surface area (Å²) in [5.74, 6) is 0.989. The fourth-order valence-corrected chi connectivity index (χ4v) is 2.62. The molecule has 0 aromatic carbocycles. The van der Waals surface area contributed by atoms with Gasteiger partial charge in [-0.1, -0.05) is 0 Å². The summed E-state index contributed by atoms with van der Waals surface area (Å²) in [6.45, 7) is 5.11. The van der Waals surface area contributed by atoms with Crippen LogP contribution in [0, 0.1) is 6.92 Å². The number of hydrogen-bond donors (Lipinski definition) is 1. The van der Waals surface area contributed by atoms with Crippen molar-refractivity contribution in [3.8, 4) is 0 Å². The van der Waals surface area contributed by atoms with E-state index >= 15 is 0 Å². The lowest BCUT2D eigenvalue weighted by Crippen LogP contribution is -2.44. The van der Waals surface area contributed by atoms with Crippen LogP contribution in [0.2, 0.25) is 0 Å². The van der Waals surface area contributed by atoms with Crippen LogP contribution >= 0.6 is 0 Å². The molecule has 3 heterocycles. The van der Waals surface area contributed by atoms with Gasteiger partial charge in [-0.25, -0.2) is 15.0 Å². The first-order chi connectivity index (χ1) is 11.8. The number of aryl methyl sites for hydroxylation is 1. The number of piperazine rings is 1. The van der Waals surface area contributed by atoms with Crippen LogP contribution in [-0.4, -0.2) is 53.1 Å². The topological polar surface area (TPSA) is 57.2 Å². The molecule has 0 bridgehead atoms. The molecule has 9 heteroatoms. The highest BCUT2D eigenvalue weighted by Crippen LogP contribution is 2.31. The number of likely N-dealkylation sites (N-methyl/N-ethyl adjacent to an activating group) is 1. The third kappa shape index (κ3) is 4.16. The van der Waals surface area contributed by atoms with Gasteiger partial charge in [0.05, 0.1) is 23.1 Å². The summed E-state index contributed by atoms with van der Waals surface area (Å²) in [6, 6.07) is 3.70. The molecule has 3 rings (SSSR count). The summed E-state index contributed by atoms with van der Waals surface area (Å²) in [5.41, 5.74) is -0.328. The molecule has 0 saturated carbocycles. The van der Waals surface area contributed by atoms with E-state index in [9.17, 15) is 13.2 Å². The van der Waals surface area contributed by atoms with E-state index in [2.05, 4.69) is 37.1 Å². The Kier molecular flexibility index (Phi) is 4.76. The number of pyridine rings is 1. The van der Waals surface area contributed by atoms with Gasteiger partial charge in [-0.3, -0.25) is 0 Å². The van der Waals surface area contributed by atoms with Crippen LogP contribution in [0.4, 0.5) is 30.6 Å². The summed E-state index contributed by atoms with van der Waals surface area (Å²) in [7, 11) is 2.09. The van der Waals surface area contributed by atoms with Crippen LogP contribution in [0.3, 0.4) is 0 Å².